The topological polar surface area (TPSA) is 104 Å². The molecule has 0 bridgehead atoms. The van der Waals surface area contributed by atoms with Gasteiger partial charge in [-0.15, -0.1) is 10.2 Å². The third-order valence-corrected chi connectivity index (χ3v) is 3.04. The molecule has 0 N–H and O–H groups in total. The molecule has 0 fully saturated rings. The van der Waals surface area contributed by atoms with Crippen molar-refractivity contribution in [1.29, 1.82) is 0 Å². The van der Waals surface area contributed by atoms with Gasteiger partial charge in [0.15, 0.2) is 6.10 Å². The minimum absolute atomic E-state index is 0.0458. The number of nitrogens with zero attached hydrogens (tertiary/aromatic N) is 4. The molecule has 3 aromatic rings. The van der Waals surface area contributed by atoms with E-state index in [1.807, 2.05) is 30.3 Å². The van der Waals surface area contributed by atoms with E-state index in [9.17, 15) is 10.1 Å². The monoisotopic (exact) mass is 312 g/mol. The molecule has 3 rings (SSSR count). The zero-order valence-electron chi connectivity index (χ0n) is 12.1. The Morgan fingerprint density at radius 1 is 1.17 bits per heavy atom. The van der Waals surface area contributed by atoms with Gasteiger partial charge in [0.25, 0.3) is 5.89 Å². The molecule has 0 aliphatic heterocycles. The molecule has 0 saturated carbocycles. The molecule has 1 aromatic carbocycles. The second-order valence-corrected chi connectivity index (χ2v) is 4.65. The van der Waals surface area contributed by atoms with Crippen LogP contribution < -0.4 is 4.74 Å². The summed E-state index contributed by atoms with van der Waals surface area (Å²) < 4.78 is 11.1. The molecule has 2 aromatic heterocycles. The first-order valence-corrected chi connectivity index (χ1v) is 6.80. The summed E-state index contributed by atoms with van der Waals surface area (Å²) in [6.07, 6.45) is 0.679. The first kappa shape index (κ1) is 14.6. The van der Waals surface area contributed by atoms with Crippen LogP contribution in [0.5, 0.6) is 5.75 Å². The Labute approximate surface area is 130 Å². The van der Waals surface area contributed by atoms with E-state index in [-0.39, 0.29) is 17.5 Å². The standard InChI is InChI=1S/C15H12N4O4/c1-10(22-12-8-5-9-16-13(12)19(20)21)14-17-18-15(23-14)11-6-3-2-4-7-11/h2-10H,1H3/t10-/m0/s1. The van der Waals surface area contributed by atoms with E-state index in [1.165, 1.54) is 12.3 Å². The average Bonchev–Trinajstić information content (AvgIpc) is 3.06. The lowest BCUT2D eigenvalue weighted by atomic mass is 10.2. The number of pyridine rings is 1. The van der Waals surface area contributed by atoms with Gasteiger partial charge in [-0.1, -0.05) is 18.2 Å². The predicted molar refractivity (Wildman–Crippen MR) is 79.7 cm³/mol. The second-order valence-electron chi connectivity index (χ2n) is 4.65. The zero-order chi connectivity index (χ0) is 16.2. The van der Waals surface area contributed by atoms with E-state index in [0.717, 1.165) is 5.56 Å². The molecule has 8 heteroatoms. The molecule has 0 radical (unpaired) electrons. The molecular weight excluding hydrogens is 300 g/mol. The van der Waals surface area contributed by atoms with E-state index in [4.69, 9.17) is 9.15 Å². The number of ether oxygens (including phenoxy) is 1. The van der Waals surface area contributed by atoms with Crippen LogP contribution in [0.1, 0.15) is 18.9 Å². The SMILES string of the molecule is C[C@H](Oc1cccnc1[N+](=O)[O-])c1nnc(-c2ccccc2)o1. The number of aromatic nitrogens is 3. The van der Waals surface area contributed by atoms with Gasteiger partial charge < -0.3 is 19.3 Å². The van der Waals surface area contributed by atoms with Crippen molar-refractivity contribution in [2.24, 2.45) is 0 Å². The molecule has 2 heterocycles. The van der Waals surface area contributed by atoms with E-state index >= 15 is 0 Å². The van der Waals surface area contributed by atoms with Crippen molar-refractivity contribution in [3.8, 4) is 17.2 Å². The summed E-state index contributed by atoms with van der Waals surface area (Å²) >= 11 is 0. The maximum Gasteiger partial charge on any atom is 0.406 e. The number of rotatable bonds is 5. The molecule has 0 unspecified atom stereocenters. The highest BCUT2D eigenvalue weighted by molar-refractivity contribution is 5.51. The molecule has 0 aliphatic carbocycles. The minimum atomic E-state index is -0.650. The molecule has 0 saturated heterocycles. The summed E-state index contributed by atoms with van der Waals surface area (Å²) in [5, 5.41) is 18.8. The van der Waals surface area contributed by atoms with E-state index in [0.29, 0.717) is 5.89 Å². The fourth-order valence-electron chi connectivity index (χ4n) is 1.95. The summed E-state index contributed by atoms with van der Waals surface area (Å²) in [6, 6.07) is 12.3. The van der Waals surface area contributed by atoms with Gasteiger partial charge in [-0.2, -0.15) is 0 Å². The van der Waals surface area contributed by atoms with Crippen LogP contribution in [0.2, 0.25) is 0 Å². The van der Waals surface area contributed by atoms with Crippen molar-refractivity contribution in [2.45, 2.75) is 13.0 Å². The van der Waals surface area contributed by atoms with Crippen molar-refractivity contribution in [1.82, 2.24) is 15.2 Å². The summed E-state index contributed by atoms with van der Waals surface area (Å²) in [5.74, 6) is 0.269. The van der Waals surface area contributed by atoms with Crippen LogP contribution in [0.25, 0.3) is 11.5 Å². The Morgan fingerprint density at radius 2 is 1.96 bits per heavy atom. The third kappa shape index (κ3) is 3.15. The number of hydrogen-bond donors (Lipinski definition) is 0. The van der Waals surface area contributed by atoms with Gasteiger partial charge in [0.2, 0.25) is 11.6 Å². The molecular formula is C15H12N4O4. The van der Waals surface area contributed by atoms with Gasteiger partial charge in [0, 0.05) is 5.56 Å². The fourth-order valence-corrected chi connectivity index (χ4v) is 1.95. The Bertz CT molecular complexity index is 819. The van der Waals surface area contributed by atoms with Crippen molar-refractivity contribution in [2.75, 3.05) is 0 Å². The summed E-state index contributed by atoms with van der Waals surface area (Å²) in [7, 11) is 0. The Morgan fingerprint density at radius 3 is 2.70 bits per heavy atom. The third-order valence-electron chi connectivity index (χ3n) is 3.04. The Balaban J connectivity index is 1.81. The Kier molecular flexibility index (Phi) is 3.96. The van der Waals surface area contributed by atoms with Gasteiger partial charge in [0.1, 0.15) is 6.20 Å². The van der Waals surface area contributed by atoms with Crippen LogP contribution in [0.15, 0.2) is 53.1 Å². The second kappa shape index (κ2) is 6.22. The van der Waals surface area contributed by atoms with Gasteiger partial charge in [-0.05, 0) is 41.1 Å². The van der Waals surface area contributed by atoms with Crippen molar-refractivity contribution >= 4 is 5.82 Å². The van der Waals surface area contributed by atoms with Crippen LogP contribution in [-0.2, 0) is 0 Å². The maximum atomic E-state index is 10.9. The zero-order valence-corrected chi connectivity index (χ0v) is 12.1. The molecule has 8 nitrogen and oxygen atoms in total. The van der Waals surface area contributed by atoms with Crippen LogP contribution in [-0.4, -0.2) is 20.1 Å². The van der Waals surface area contributed by atoms with Gasteiger partial charge in [0.05, 0.1) is 0 Å². The molecule has 0 aliphatic rings. The van der Waals surface area contributed by atoms with Gasteiger partial charge >= 0.3 is 5.82 Å². The highest BCUT2D eigenvalue weighted by Crippen LogP contribution is 2.29. The highest BCUT2D eigenvalue weighted by Gasteiger charge is 2.22. The van der Waals surface area contributed by atoms with E-state index in [2.05, 4.69) is 15.2 Å². The largest absolute Gasteiger partial charge is 0.473 e. The average molecular weight is 312 g/mol. The Hall–Kier alpha value is -3.29. The molecule has 0 spiro atoms. The lowest BCUT2D eigenvalue weighted by Crippen LogP contribution is -2.06. The first-order valence-electron chi connectivity index (χ1n) is 6.80. The maximum absolute atomic E-state index is 10.9. The van der Waals surface area contributed by atoms with Crippen LogP contribution in [0, 0.1) is 10.1 Å². The number of hydrogen-bond acceptors (Lipinski definition) is 7. The molecule has 23 heavy (non-hydrogen) atoms. The summed E-state index contributed by atoms with van der Waals surface area (Å²) in [4.78, 5) is 14.0. The fraction of sp³-hybridized carbons (Fsp3) is 0.133. The minimum Gasteiger partial charge on any atom is -0.473 e. The van der Waals surface area contributed by atoms with Crippen molar-refractivity contribution in [3.63, 3.8) is 0 Å². The van der Waals surface area contributed by atoms with E-state index in [1.54, 1.807) is 13.0 Å². The smallest absolute Gasteiger partial charge is 0.406 e. The van der Waals surface area contributed by atoms with Crippen LogP contribution in [0.3, 0.4) is 0 Å². The molecule has 0 amide bonds. The van der Waals surface area contributed by atoms with Crippen LogP contribution in [0.4, 0.5) is 5.82 Å². The van der Waals surface area contributed by atoms with Crippen molar-refractivity contribution < 1.29 is 14.1 Å². The first-order chi connectivity index (χ1) is 11.1. The summed E-state index contributed by atoms with van der Waals surface area (Å²) in [6.45, 7) is 1.67. The quantitative estimate of drug-likeness (QED) is 0.526. The highest BCUT2D eigenvalue weighted by atomic mass is 16.6. The predicted octanol–water partition coefficient (Wildman–Crippen LogP) is 3.18. The lowest BCUT2D eigenvalue weighted by Gasteiger charge is -2.10. The van der Waals surface area contributed by atoms with E-state index < -0.39 is 11.0 Å². The van der Waals surface area contributed by atoms with Crippen LogP contribution >= 0.6 is 0 Å². The van der Waals surface area contributed by atoms with Gasteiger partial charge in [-0.25, -0.2) is 0 Å². The number of benzene rings is 1. The molecule has 116 valence electrons. The summed E-state index contributed by atoms with van der Waals surface area (Å²) in [5.41, 5.74) is 0.783. The lowest BCUT2D eigenvalue weighted by molar-refractivity contribution is -0.390. The normalized spacial score (nSPS) is 11.9. The van der Waals surface area contributed by atoms with Gasteiger partial charge in [-0.3, -0.25) is 0 Å². The van der Waals surface area contributed by atoms with Crippen molar-refractivity contribution in [3.05, 3.63) is 64.7 Å². The molecule has 1 atom stereocenters. The number of nitro groups is 1.